The Bertz CT molecular complexity index is 3250. The highest BCUT2D eigenvalue weighted by atomic mass is 16.6. The number of hydrogen-bond acceptors (Lipinski definition) is 38. The number of carbonyl (C=O) groups excluding carboxylic acids is 12. The van der Waals surface area contributed by atoms with Crippen molar-refractivity contribution < 1.29 is 168 Å². The van der Waals surface area contributed by atoms with Gasteiger partial charge in [-0.15, -0.1) is 0 Å². The van der Waals surface area contributed by atoms with E-state index in [2.05, 4.69) is 65.8 Å². The van der Waals surface area contributed by atoms with Gasteiger partial charge in [-0.1, -0.05) is 86.6 Å². The summed E-state index contributed by atoms with van der Waals surface area (Å²) in [5.74, 6) is -9.26. The van der Waals surface area contributed by atoms with Gasteiger partial charge in [0.2, 0.25) is 0 Å². The van der Waals surface area contributed by atoms with Crippen molar-refractivity contribution in [1.29, 1.82) is 0 Å². The first-order valence-electron chi connectivity index (χ1n) is 43.0. The first-order valence-corrected chi connectivity index (χ1v) is 43.0. The van der Waals surface area contributed by atoms with Crippen LogP contribution >= 0.6 is 0 Å². The largest absolute Gasteiger partial charge is 0.465 e. The molecule has 130 heavy (non-hydrogen) atoms. The molecule has 0 bridgehead atoms. The zero-order valence-electron chi connectivity index (χ0n) is 77.8. The topological polar surface area (TPSA) is 471 Å². The Balaban J connectivity index is 0. The molecule has 0 saturated heterocycles. The second-order valence-electron chi connectivity index (χ2n) is 31.2. The van der Waals surface area contributed by atoms with Crippen LogP contribution in [0.2, 0.25) is 0 Å². The highest BCUT2D eigenvalue weighted by Gasteiger charge is 2.43. The van der Waals surface area contributed by atoms with Gasteiger partial charge in [0.15, 0.2) is 5.78 Å². The molecule has 0 amide bonds. The van der Waals surface area contributed by atoms with E-state index >= 15 is 0 Å². The van der Waals surface area contributed by atoms with Crippen LogP contribution in [0.4, 0.5) is 0 Å². The zero-order valence-corrected chi connectivity index (χ0v) is 77.8. The Morgan fingerprint density at radius 3 is 0.815 bits per heavy atom. The lowest BCUT2D eigenvalue weighted by atomic mass is 9.84. The molecule has 0 aromatic heterocycles. The van der Waals surface area contributed by atoms with Gasteiger partial charge >= 0.3 is 65.7 Å². The van der Waals surface area contributed by atoms with Crippen LogP contribution in [-0.2, 0) is 148 Å². The molecule has 0 saturated carbocycles. The summed E-state index contributed by atoms with van der Waals surface area (Å²) >= 11 is 0. The number of rotatable bonds is 82. The van der Waals surface area contributed by atoms with E-state index in [0.717, 1.165) is 80.1 Å². The van der Waals surface area contributed by atoms with Crippen LogP contribution in [0.1, 0.15) is 107 Å². The van der Waals surface area contributed by atoms with Gasteiger partial charge in [-0.25, -0.2) is 43.2 Å². The number of aliphatic hydroxyl groups is 4. The van der Waals surface area contributed by atoms with E-state index in [1.54, 1.807) is 13.8 Å². The summed E-state index contributed by atoms with van der Waals surface area (Å²) in [6.45, 7) is 49.1. The third-order valence-corrected chi connectivity index (χ3v) is 18.4. The summed E-state index contributed by atoms with van der Waals surface area (Å²) in [6.07, 6.45) is 7.28. The Hall–Kier alpha value is -9.36. The van der Waals surface area contributed by atoms with Crippen LogP contribution < -0.4 is 0 Å². The van der Waals surface area contributed by atoms with Gasteiger partial charge < -0.3 is 120 Å². The quantitative estimate of drug-likeness (QED) is 0.0346. The Morgan fingerprint density at radius 2 is 0.531 bits per heavy atom. The van der Waals surface area contributed by atoms with Crippen LogP contribution in [0.25, 0.3) is 0 Å². The van der Waals surface area contributed by atoms with Crippen molar-refractivity contribution in [3.05, 3.63) is 127 Å². The summed E-state index contributed by atoms with van der Waals surface area (Å²) < 4.78 is 106. The van der Waals surface area contributed by atoms with E-state index in [4.69, 9.17) is 90.0 Å². The van der Waals surface area contributed by atoms with E-state index in [1.165, 1.54) is 0 Å². The molecule has 38 heteroatoms. The van der Waals surface area contributed by atoms with Crippen molar-refractivity contribution in [2.45, 2.75) is 156 Å². The SMILES string of the molecule is C=CC(=O)CCC(COCC(COC(=O)C=C)(COC(=O)C=C)COC(=O)CCN(CCC)CC(O)COCC(C)OCC(C)OCC)(COC(=O)C=C)COC(=O)C=C.C=CC(=O)OCC(COCC(COC(=O)C=C)(COC(=O)C=C)COC(=O)CCN(CCC)CC(O)COC(C)COC(C)COCC(O)CN(CCC)CC(C)O)(COC(=O)C=C)COC(=O)C=C. The smallest absolute Gasteiger partial charge is 0.330 e. The molecule has 0 rings (SSSR count). The van der Waals surface area contributed by atoms with E-state index in [0.29, 0.717) is 45.8 Å². The third-order valence-electron chi connectivity index (χ3n) is 18.4. The van der Waals surface area contributed by atoms with Gasteiger partial charge in [-0.2, -0.15) is 0 Å². The number of ketones is 1. The van der Waals surface area contributed by atoms with E-state index < -0.39 is 191 Å². The first kappa shape index (κ1) is 123. The number of ether oxygens (including phenoxy) is 19. The van der Waals surface area contributed by atoms with Gasteiger partial charge in [0.05, 0.1) is 156 Å². The summed E-state index contributed by atoms with van der Waals surface area (Å²) in [5.41, 5.74) is -5.99. The van der Waals surface area contributed by atoms with Crippen LogP contribution in [-0.4, -0.2) is 366 Å². The lowest BCUT2D eigenvalue weighted by Gasteiger charge is -2.35. The van der Waals surface area contributed by atoms with Gasteiger partial charge in [0.25, 0.3) is 0 Å². The molecule has 38 nitrogen and oxygen atoms in total. The molecule has 0 aromatic rings. The second kappa shape index (κ2) is 73.2. The van der Waals surface area contributed by atoms with Crippen molar-refractivity contribution in [1.82, 2.24) is 14.7 Å². The van der Waals surface area contributed by atoms with Gasteiger partial charge in [-0.3, -0.25) is 19.3 Å². The molecule has 0 aliphatic heterocycles. The molecule has 740 valence electrons. The minimum absolute atomic E-state index is 0.0114. The fourth-order valence-electron chi connectivity index (χ4n) is 11.5. The number of carbonyl (C=O) groups is 12. The first-order chi connectivity index (χ1) is 61.8. The molecule has 8 atom stereocenters. The minimum Gasteiger partial charge on any atom is -0.465 e. The maximum atomic E-state index is 13.3. The molecule has 0 fully saturated rings. The molecule has 0 aromatic carbocycles. The fraction of sp³-hybridized carbons (Fsp3) is 0.652. The van der Waals surface area contributed by atoms with Crippen LogP contribution in [0.3, 0.4) is 0 Å². The lowest BCUT2D eigenvalue weighted by Crippen LogP contribution is -2.47. The number of aliphatic hydroxyl groups excluding tert-OH is 4. The molecule has 0 radical (unpaired) electrons. The summed E-state index contributed by atoms with van der Waals surface area (Å²) in [7, 11) is 0. The highest BCUT2D eigenvalue weighted by molar-refractivity contribution is 5.89. The summed E-state index contributed by atoms with van der Waals surface area (Å²) in [6, 6.07) is 0. The Labute approximate surface area is 766 Å². The molecule has 0 aliphatic rings. The average molecular weight is 1860 g/mol. The van der Waals surface area contributed by atoms with Crippen LogP contribution in [0, 0.1) is 21.7 Å². The zero-order chi connectivity index (χ0) is 98.4. The van der Waals surface area contributed by atoms with Crippen LogP contribution in [0.15, 0.2) is 127 Å². The number of esters is 11. The monoisotopic (exact) mass is 1850 g/mol. The highest BCUT2D eigenvalue weighted by Crippen LogP contribution is 2.31. The van der Waals surface area contributed by atoms with Gasteiger partial charge in [0, 0.05) is 107 Å². The molecular formula is C92H147N3O35. The van der Waals surface area contributed by atoms with Crippen molar-refractivity contribution >= 4 is 71.4 Å². The van der Waals surface area contributed by atoms with Crippen molar-refractivity contribution in [3.63, 3.8) is 0 Å². The molecule has 4 N–H and O–H groups in total. The molecular weight excluding hydrogens is 1710 g/mol. The lowest BCUT2D eigenvalue weighted by molar-refractivity contribution is -0.173. The number of allylic oxidation sites excluding steroid dienone is 1. The summed E-state index contributed by atoms with van der Waals surface area (Å²) in [4.78, 5) is 154. The van der Waals surface area contributed by atoms with Crippen LogP contribution in [0.5, 0.6) is 0 Å². The maximum Gasteiger partial charge on any atom is 0.330 e. The third kappa shape index (κ3) is 61.3. The molecule has 8 unspecified atom stereocenters. The van der Waals surface area contributed by atoms with Gasteiger partial charge in [0.1, 0.15) is 72.7 Å². The predicted molar refractivity (Wildman–Crippen MR) is 476 cm³/mol. The minimum atomic E-state index is -1.59. The molecule has 0 aliphatic carbocycles. The average Bonchev–Trinajstić information content (AvgIpc) is 0.838. The van der Waals surface area contributed by atoms with Crippen molar-refractivity contribution in [2.24, 2.45) is 21.7 Å². The standard InChI is InChI=1S/C49H80N2O19.C43H67NO16/c1-11-19-50(23-41(54)28-64-39(10)26-63-38(9)25-61-27-40(53)24-51(20-12-2)22-37(8)52)21-18-47(60)70-36-49(34-68-45(58)16-6,35-69-46(59)17-7)30-62-29-48(31-65-42(55)13-3,32-66-43(56)14-4)33-67-44(57)15-5;1-10-20-44(22-36(46)25-52-23-33(8)55-24-34(9)54-16-7)21-18-41(51)60-32-43(30-58-39(49)14-5,31-59-40(50)15-6)27-53-26-42(19-17-35(45)11-2,28-56-37(47)12-3)29-57-38(48)13-4/h13-17,37-41,52-54H,3-7,11-12,18-36H2,1-2,8-10H3;11-15,33-34,36,46H,2-6,10,16-32H2,1,7-9H3. The Kier molecular flexibility index (Phi) is 69.1. The second-order valence-corrected chi connectivity index (χ2v) is 31.2. The normalized spacial score (nSPS) is 13.4. The van der Waals surface area contributed by atoms with Crippen molar-refractivity contribution in [3.8, 4) is 0 Å². The van der Waals surface area contributed by atoms with E-state index in [9.17, 15) is 78.0 Å². The van der Waals surface area contributed by atoms with Crippen molar-refractivity contribution in [2.75, 3.05) is 211 Å². The predicted octanol–water partition coefficient (Wildman–Crippen LogP) is 5.19. The molecule has 0 heterocycles. The van der Waals surface area contributed by atoms with Gasteiger partial charge in [-0.05, 0) is 92.9 Å². The fourth-order valence-corrected chi connectivity index (χ4v) is 11.5. The molecule has 0 spiro atoms. The maximum absolute atomic E-state index is 13.3. The van der Waals surface area contributed by atoms with E-state index in [1.807, 2.05) is 63.2 Å². The summed E-state index contributed by atoms with van der Waals surface area (Å²) in [5, 5.41) is 41.7. The Morgan fingerprint density at radius 1 is 0.277 bits per heavy atom. The number of hydrogen-bond donors (Lipinski definition) is 4. The van der Waals surface area contributed by atoms with E-state index in [-0.39, 0.29) is 142 Å². The number of nitrogens with zero attached hydrogens (tertiary/aromatic N) is 3.